The number of nitrogens with zero attached hydrogens (tertiary/aromatic N) is 1. The Hall–Kier alpha value is -0.670. The number of aliphatic carboxylic acids is 1. The third-order valence-electron chi connectivity index (χ3n) is 3.62. The molecule has 0 aromatic heterocycles. The van der Waals surface area contributed by atoms with Crippen LogP contribution >= 0.6 is 0 Å². The second-order valence-corrected chi connectivity index (χ2v) is 7.67. The Morgan fingerprint density at radius 2 is 1.00 bits per heavy atom. The zero-order chi connectivity index (χ0) is 26.6. The van der Waals surface area contributed by atoms with Crippen LogP contribution in [0, 0.1) is 0 Å². The minimum Gasteiger partial charge on any atom is -0.549 e. The van der Waals surface area contributed by atoms with Crippen molar-refractivity contribution >= 4 is 16.0 Å². The Kier molecular flexibility index (Phi) is 9.84. The molecule has 0 aromatic carbocycles. The first kappa shape index (κ1) is 34.5. The van der Waals surface area contributed by atoms with Gasteiger partial charge in [-0.15, -0.1) is 0 Å². The van der Waals surface area contributed by atoms with Gasteiger partial charge in [-0.25, -0.2) is 8.42 Å². The number of sulfonamides is 1. The van der Waals surface area contributed by atoms with E-state index in [-0.39, 0.29) is 29.6 Å². The molecular weight excluding hydrogens is 550 g/mol. The van der Waals surface area contributed by atoms with Crippen LogP contribution in [0.2, 0.25) is 0 Å². The van der Waals surface area contributed by atoms with Crippen molar-refractivity contribution in [1.29, 1.82) is 0 Å². The molecule has 22 heteroatoms. The minimum absolute atomic E-state index is 0. The van der Waals surface area contributed by atoms with Crippen molar-refractivity contribution in [3.63, 3.8) is 0 Å². The number of carbonyl (C=O) groups excluding carboxylic acids is 1. The quantitative estimate of drug-likeness (QED) is 0.274. The SMILES string of the molecule is CCN(CC(=O)[O-])S(=O)(=O)C(F)(F)C(F)(F)C(F)(F)C(F)(F)C(F)(F)C(F)(F)C(F)(F)F.[Na+]. The molecular formula is C11H7F15NNaO4S. The maximum Gasteiger partial charge on any atom is 1.00 e. The van der Waals surface area contributed by atoms with Gasteiger partial charge in [-0.3, -0.25) is 0 Å². The Balaban J connectivity index is 0. The largest absolute Gasteiger partial charge is 1.00 e. The van der Waals surface area contributed by atoms with Crippen LogP contribution in [0.3, 0.4) is 0 Å². The summed E-state index contributed by atoms with van der Waals surface area (Å²) in [5, 5.41) is 2.63. The number of hydrogen-bond donors (Lipinski definition) is 0. The van der Waals surface area contributed by atoms with Gasteiger partial charge >= 0.3 is 70.6 Å². The number of carboxylic acids is 1. The minimum atomic E-state index is -8.66. The van der Waals surface area contributed by atoms with Gasteiger partial charge in [0.15, 0.2) is 0 Å². The fourth-order valence-corrected chi connectivity index (χ4v) is 3.18. The second-order valence-electron chi connectivity index (χ2n) is 5.69. The van der Waals surface area contributed by atoms with E-state index in [1.807, 2.05) is 0 Å². The molecule has 0 unspecified atom stereocenters. The Morgan fingerprint density at radius 1 is 0.697 bits per heavy atom. The van der Waals surface area contributed by atoms with Crippen LogP contribution in [0.25, 0.3) is 0 Å². The molecule has 5 nitrogen and oxygen atoms in total. The zero-order valence-corrected chi connectivity index (χ0v) is 18.4. The van der Waals surface area contributed by atoms with E-state index in [0.717, 1.165) is 0 Å². The molecule has 0 heterocycles. The Labute approximate surface area is 195 Å². The molecule has 0 fully saturated rings. The van der Waals surface area contributed by atoms with Crippen LogP contribution in [0.4, 0.5) is 65.9 Å². The number of carbonyl (C=O) groups is 1. The third kappa shape index (κ3) is 4.88. The molecule has 0 atom stereocenters. The summed E-state index contributed by atoms with van der Waals surface area (Å²) in [6, 6.07) is 0. The van der Waals surface area contributed by atoms with Gasteiger partial charge in [-0.2, -0.15) is 70.2 Å². The average Bonchev–Trinajstić information content (AvgIpc) is 2.57. The van der Waals surface area contributed by atoms with Gasteiger partial charge in [0.05, 0.1) is 12.5 Å². The molecule has 0 bridgehead atoms. The van der Waals surface area contributed by atoms with Gasteiger partial charge in [-0.1, -0.05) is 6.92 Å². The van der Waals surface area contributed by atoms with E-state index in [1.165, 1.54) is 0 Å². The monoisotopic (exact) mass is 557 g/mol. The van der Waals surface area contributed by atoms with Crippen LogP contribution in [-0.4, -0.2) is 72.8 Å². The van der Waals surface area contributed by atoms with Gasteiger partial charge < -0.3 is 9.90 Å². The van der Waals surface area contributed by atoms with E-state index in [2.05, 4.69) is 0 Å². The standard InChI is InChI=1S/C11H8F15NO4S.Na/c1-2-27(3-4(28)29)32(30,31)11(25,26)9(20,21)7(16,17)5(12,13)6(14,15)8(18,19)10(22,23)24;/h2-3H2,1H3,(H,28,29);/q;+1/p-1. The molecule has 0 rings (SSSR count). The molecule has 0 radical (unpaired) electrons. The van der Waals surface area contributed by atoms with Gasteiger partial charge in [0.2, 0.25) is 0 Å². The molecule has 0 spiro atoms. The van der Waals surface area contributed by atoms with E-state index in [9.17, 15) is 84.2 Å². The van der Waals surface area contributed by atoms with E-state index in [4.69, 9.17) is 0 Å². The summed E-state index contributed by atoms with van der Waals surface area (Å²) in [5.74, 6) is -45.0. The van der Waals surface area contributed by atoms with E-state index in [0.29, 0.717) is 6.92 Å². The summed E-state index contributed by atoms with van der Waals surface area (Å²) in [6.07, 6.45) is -7.80. The first-order valence-electron chi connectivity index (χ1n) is 7.16. The third-order valence-corrected chi connectivity index (χ3v) is 5.59. The Morgan fingerprint density at radius 3 is 1.27 bits per heavy atom. The maximum absolute atomic E-state index is 13.8. The van der Waals surface area contributed by atoms with Crippen molar-refractivity contribution in [2.24, 2.45) is 0 Å². The van der Waals surface area contributed by atoms with Crippen LogP contribution in [0.1, 0.15) is 6.92 Å². The number of halogens is 15. The number of hydrogen-bond acceptors (Lipinski definition) is 4. The number of carboxylic acid groups (broad SMARTS) is 1. The number of rotatable bonds is 10. The summed E-state index contributed by atoms with van der Waals surface area (Å²) in [5.41, 5.74) is 0. The first-order chi connectivity index (χ1) is 13.6. The van der Waals surface area contributed by atoms with Gasteiger partial charge in [0, 0.05) is 6.54 Å². The molecule has 0 saturated carbocycles. The first-order valence-corrected chi connectivity index (χ1v) is 8.60. The van der Waals surface area contributed by atoms with Crippen LogP contribution in [0.15, 0.2) is 0 Å². The summed E-state index contributed by atoms with van der Waals surface area (Å²) in [6.45, 7) is -3.47. The average molecular weight is 557 g/mol. The normalized spacial score (nSPS) is 15.4. The van der Waals surface area contributed by atoms with Gasteiger partial charge in [-0.05, 0) is 0 Å². The smallest absolute Gasteiger partial charge is 0.549 e. The summed E-state index contributed by atoms with van der Waals surface area (Å²) < 4.78 is 217. The van der Waals surface area contributed by atoms with Crippen molar-refractivity contribution < 1.29 is 114 Å². The second kappa shape index (κ2) is 9.41. The predicted molar refractivity (Wildman–Crippen MR) is 66.9 cm³/mol. The van der Waals surface area contributed by atoms with E-state index < -0.39 is 74.4 Å². The summed E-state index contributed by atoms with van der Waals surface area (Å²) >= 11 is 0. The predicted octanol–water partition coefficient (Wildman–Crippen LogP) is -0.276. The molecule has 192 valence electrons. The summed E-state index contributed by atoms with van der Waals surface area (Å²) in [4.78, 5) is 10.3. The fourth-order valence-electron chi connectivity index (χ4n) is 1.79. The van der Waals surface area contributed by atoms with Gasteiger partial charge in [0.1, 0.15) is 0 Å². The van der Waals surface area contributed by atoms with Gasteiger partial charge in [0.25, 0.3) is 10.0 Å². The summed E-state index contributed by atoms with van der Waals surface area (Å²) in [7, 11) is -7.50. The molecule has 33 heavy (non-hydrogen) atoms. The van der Waals surface area contributed by atoms with Crippen LogP contribution in [0.5, 0.6) is 0 Å². The van der Waals surface area contributed by atoms with Crippen molar-refractivity contribution in [1.82, 2.24) is 4.31 Å². The molecule has 0 aliphatic carbocycles. The van der Waals surface area contributed by atoms with Crippen molar-refractivity contribution in [3.05, 3.63) is 0 Å². The van der Waals surface area contributed by atoms with E-state index in [1.54, 1.807) is 0 Å². The van der Waals surface area contributed by atoms with Crippen molar-refractivity contribution in [2.75, 3.05) is 13.1 Å². The number of likely N-dealkylation sites (N-methyl/N-ethyl adjacent to an activating group) is 1. The van der Waals surface area contributed by atoms with Crippen molar-refractivity contribution in [2.45, 2.75) is 48.0 Å². The molecule has 0 saturated heterocycles. The zero-order valence-electron chi connectivity index (χ0n) is 15.6. The molecule has 0 amide bonds. The molecule has 0 aliphatic heterocycles. The van der Waals surface area contributed by atoms with Crippen molar-refractivity contribution in [3.8, 4) is 0 Å². The molecule has 0 N–H and O–H groups in total. The van der Waals surface area contributed by atoms with Crippen LogP contribution < -0.4 is 34.7 Å². The molecule has 0 aromatic rings. The van der Waals surface area contributed by atoms with E-state index >= 15 is 0 Å². The maximum atomic E-state index is 13.8. The fraction of sp³-hybridized carbons (Fsp3) is 0.909. The topological polar surface area (TPSA) is 77.5 Å². The van der Waals surface area contributed by atoms with Crippen LogP contribution in [-0.2, 0) is 14.8 Å². The number of alkyl halides is 15. The Bertz CT molecular complexity index is 826. The molecule has 0 aliphatic rings.